The van der Waals surface area contributed by atoms with Gasteiger partial charge < -0.3 is 19.7 Å². The Morgan fingerprint density at radius 1 is 1.29 bits per heavy atom. The number of sulfonamides is 1. The van der Waals surface area contributed by atoms with E-state index in [2.05, 4.69) is 14.9 Å². The average Bonchev–Trinajstić information content (AvgIpc) is 3.17. The van der Waals surface area contributed by atoms with Crippen LogP contribution in [0, 0.1) is 5.92 Å². The lowest BCUT2D eigenvalue weighted by atomic mass is 10.1. The molecule has 1 atom stereocenters. The number of aliphatic imine (C=N–C) groups is 1. The van der Waals surface area contributed by atoms with Crippen LogP contribution >= 0.6 is 0 Å². The van der Waals surface area contributed by atoms with E-state index in [1.165, 1.54) is 7.05 Å². The van der Waals surface area contributed by atoms with E-state index >= 15 is 0 Å². The van der Waals surface area contributed by atoms with Crippen LogP contribution in [0.4, 0.5) is 0 Å². The summed E-state index contributed by atoms with van der Waals surface area (Å²) in [6.45, 7) is 7.18. The number of benzene rings is 1. The van der Waals surface area contributed by atoms with Crippen LogP contribution in [0.2, 0.25) is 0 Å². The molecule has 1 fully saturated rings. The summed E-state index contributed by atoms with van der Waals surface area (Å²) in [5, 5.41) is 3.35. The van der Waals surface area contributed by atoms with E-state index in [0.29, 0.717) is 25.7 Å². The lowest BCUT2D eigenvalue weighted by molar-refractivity contribution is 0.0536. The number of nitrogens with one attached hydrogen (secondary N) is 2. The molecule has 9 heteroatoms. The minimum Gasteiger partial charge on any atom is -0.382 e. The molecular formula is C19H32N4O4S. The molecule has 8 nitrogen and oxygen atoms in total. The molecule has 0 aromatic heterocycles. The standard InChI is InChI=1S/C19H32N4O4S/c1-4-21-19(23-10-9-17(14-23)15-27-12-11-26-3)22-13-16-5-7-18(8-6-16)28(24,25)20-2/h5-8,17,20H,4,9-15H2,1-3H3,(H,21,22). The molecule has 1 aliphatic rings. The van der Waals surface area contributed by atoms with Gasteiger partial charge in [-0.1, -0.05) is 12.1 Å². The first-order valence-electron chi connectivity index (χ1n) is 9.62. The van der Waals surface area contributed by atoms with Gasteiger partial charge in [0.25, 0.3) is 0 Å². The van der Waals surface area contributed by atoms with Crippen LogP contribution in [-0.4, -0.2) is 72.9 Å². The normalized spacial score (nSPS) is 17.9. The van der Waals surface area contributed by atoms with E-state index in [0.717, 1.165) is 44.2 Å². The molecule has 0 amide bonds. The summed E-state index contributed by atoms with van der Waals surface area (Å²) in [7, 11) is -0.333. The Balaban J connectivity index is 1.93. The van der Waals surface area contributed by atoms with E-state index < -0.39 is 10.0 Å². The summed E-state index contributed by atoms with van der Waals surface area (Å²) in [6.07, 6.45) is 1.08. The fraction of sp³-hybridized carbons (Fsp3) is 0.632. The molecule has 158 valence electrons. The molecule has 2 N–H and O–H groups in total. The molecular weight excluding hydrogens is 380 g/mol. The lowest BCUT2D eigenvalue weighted by Crippen LogP contribution is -2.40. The quantitative estimate of drug-likeness (QED) is 0.339. The monoisotopic (exact) mass is 412 g/mol. The highest BCUT2D eigenvalue weighted by atomic mass is 32.2. The molecule has 1 saturated heterocycles. The highest BCUT2D eigenvalue weighted by molar-refractivity contribution is 7.89. The van der Waals surface area contributed by atoms with Crippen molar-refractivity contribution >= 4 is 16.0 Å². The second kappa shape index (κ2) is 11.4. The molecule has 28 heavy (non-hydrogen) atoms. The van der Waals surface area contributed by atoms with Crippen molar-refractivity contribution in [3.05, 3.63) is 29.8 Å². The van der Waals surface area contributed by atoms with Crippen LogP contribution in [0.3, 0.4) is 0 Å². The Bertz CT molecular complexity index is 722. The van der Waals surface area contributed by atoms with Crippen LogP contribution in [0.15, 0.2) is 34.2 Å². The number of likely N-dealkylation sites (tertiary alicyclic amines) is 1. The number of rotatable bonds is 10. The number of guanidine groups is 1. The Hall–Kier alpha value is -1.68. The van der Waals surface area contributed by atoms with Crippen LogP contribution in [0.1, 0.15) is 18.9 Å². The summed E-state index contributed by atoms with van der Waals surface area (Å²) in [5.41, 5.74) is 0.962. The number of ether oxygens (including phenoxy) is 2. The largest absolute Gasteiger partial charge is 0.382 e. The molecule has 1 unspecified atom stereocenters. The molecule has 0 saturated carbocycles. The van der Waals surface area contributed by atoms with Crippen molar-refractivity contribution in [3.63, 3.8) is 0 Å². The van der Waals surface area contributed by atoms with Gasteiger partial charge in [0.1, 0.15) is 0 Å². The molecule has 0 spiro atoms. The SMILES string of the molecule is CCNC(=NCc1ccc(S(=O)(=O)NC)cc1)N1CCC(COCCOC)C1. The first kappa shape index (κ1) is 22.6. The zero-order chi connectivity index (χ0) is 20.4. The molecule has 1 aliphatic heterocycles. The van der Waals surface area contributed by atoms with E-state index in [1.807, 2.05) is 6.92 Å². The summed E-state index contributed by atoms with van der Waals surface area (Å²) in [6, 6.07) is 6.81. The summed E-state index contributed by atoms with van der Waals surface area (Å²) >= 11 is 0. The maximum atomic E-state index is 11.8. The Morgan fingerprint density at radius 3 is 2.68 bits per heavy atom. The van der Waals surface area contributed by atoms with Crippen molar-refractivity contribution in [1.82, 2.24) is 14.9 Å². The van der Waals surface area contributed by atoms with Crippen LogP contribution in [0.25, 0.3) is 0 Å². The molecule has 1 aromatic rings. The number of methoxy groups -OCH3 is 1. The van der Waals surface area contributed by atoms with Crippen LogP contribution < -0.4 is 10.0 Å². The van der Waals surface area contributed by atoms with E-state index in [4.69, 9.17) is 14.5 Å². The summed E-state index contributed by atoms with van der Waals surface area (Å²) in [4.78, 5) is 7.24. The third-order valence-electron chi connectivity index (χ3n) is 4.62. The predicted octanol–water partition coefficient (Wildman–Crippen LogP) is 1.05. The highest BCUT2D eigenvalue weighted by Gasteiger charge is 2.25. The predicted molar refractivity (Wildman–Crippen MR) is 110 cm³/mol. The maximum Gasteiger partial charge on any atom is 0.240 e. The van der Waals surface area contributed by atoms with Gasteiger partial charge in [0.2, 0.25) is 10.0 Å². The van der Waals surface area contributed by atoms with Gasteiger partial charge in [-0.25, -0.2) is 18.1 Å². The molecule has 0 aliphatic carbocycles. The molecule has 1 aromatic carbocycles. The second-order valence-corrected chi connectivity index (χ2v) is 8.58. The Morgan fingerprint density at radius 2 is 2.04 bits per heavy atom. The smallest absolute Gasteiger partial charge is 0.240 e. The summed E-state index contributed by atoms with van der Waals surface area (Å²) in [5.74, 6) is 1.38. The van der Waals surface area contributed by atoms with Crippen molar-refractivity contribution in [2.24, 2.45) is 10.9 Å². The Kier molecular flexibility index (Phi) is 9.17. The van der Waals surface area contributed by atoms with Gasteiger partial charge in [0.05, 0.1) is 31.3 Å². The van der Waals surface area contributed by atoms with Gasteiger partial charge in [0.15, 0.2) is 5.96 Å². The van der Waals surface area contributed by atoms with Gasteiger partial charge in [-0.2, -0.15) is 0 Å². The van der Waals surface area contributed by atoms with E-state index in [1.54, 1.807) is 31.4 Å². The van der Waals surface area contributed by atoms with Gasteiger partial charge in [-0.05, 0) is 38.1 Å². The van der Waals surface area contributed by atoms with E-state index in [-0.39, 0.29) is 4.90 Å². The lowest BCUT2D eigenvalue weighted by Gasteiger charge is -2.21. The van der Waals surface area contributed by atoms with Crippen molar-refractivity contribution in [2.75, 3.05) is 53.6 Å². The third kappa shape index (κ3) is 6.73. The first-order valence-corrected chi connectivity index (χ1v) is 11.1. The van der Waals surface area contributed by atoms with Gasteiger partial charge >= 0.3 is 0 Å². The van der Waals surface area contributed by atoms with E-state index in [9.17, 15) is 8.42 Å². The van der Waals surface area contributed by atoms with Gasteiger partial charge in [-0.3, -0.25) is 0 Å². The minimum absolute atomic E-state index is 0.255. The first-order chi connectivity index (χ1) is 13.5. The zero-order valence-corrected chi connectivity index (χ0v) is 17.8. The van der Waals surface area contributed by atoms with Gasteiger partial charge in [0, 0.05) is 32.7 Å². The molecule has 0 bridgehead atoms. The van der Waals surface area contributed by atoms with Crippen molar-refractivity contribution in [1.29, 1.82) is 0 Å². The zero-order valence-electron chi connectivity index (χ0n) is 17.0. The second-order valence-electron chi connectivity index (χ2n) is 6.69. The fourth-order valence-corrected chi connectivity index (χ4v) is 3.77. The molecule has 1 heterocycles. The fourth-order valence-electron chi connectivity index (χ4n) is 3.04. The summed E-state index contributed by atoms with van der Waals surface area (Å²) < 4.78 is 36.6. The van der Waals surface area contributed by atoms with Gasteiger partial charge in [-0.15, -0.1) is 0 Å². The van der Waals surface area contributed by atoms with Crippen molar-refractivity contribution < 1.29 is 17.9 Å². The number of hydrogen-bond acceptors (Lipinski definition) is 5. The topological polar surface area (TPSA) is 92.3 Å². The molecule has 0 radical (unpaired) electrons. The Labute approximate surface area is 168 Å². The number of nitrogens with zero attached hydrogens (tertiary/aromatic N) is 2. The molecule has 2 rings (SSSR count). The minimum atomic E-state index is -3.41. The van der Waals surface area contributed by atoms with Crippen molar-refractivity contribution in [2.45, 2.75) is 24.8 Å². The van der Waals surface area contributed by atoms with Crippen LogP contribution in [-0.2, 0) is 26.0 Å². The number of hydrogen-bond donors (Lipinski definition) is 2. The highest BCUT2D eigenvalue weighted by Crippen LogP contribution is 2.17. The van der Waals surface area contributed by atoms with Crippen molar-refractivity contribution in [3.8, 4) is 0 Å². The third-order valence-corrected chi connectivity index (χ3v) is 6.05. The maximum absolute atomic E-state index is 11.8. The average molecular weight is 413 g/mol. The van der Waals surface area contributed by atoms with Crippen LogP contribution in [0.5, 0.6) is 0 Å².